The molecule has 6 rings (SSSR count). The summed E-state index contributed by atoms with van der Waals surface area (Å²) in [6.45, 7) is 5.61. The topological polar surface area (TPSA) is 249 Å². The second-order valence-corrected chi connectivity index (χ2v) is 16.0. The average molecular weight is 921 g/mol. The first-order chi connectivity index (χ1) is 32.9. The maximum Gasteiger partial charge on any atom is 0.306 e. The SMILES string of the molecule is Cc1c(COc2ccc(CNC[C@@H](O)CC(=O)O)c(OCc3cncc(C#N)c3)c2)cccc1-c1cccc(COc2ccc(CNC[C@@H](O)CC(=O)O)c(OCc3cncc(C#N)c3)c2)c1C. The molecule has 0 aliphatic carbocycles. The van der Waals surface area contributed by atoms with Crippen molar-refractivity contribution in [1.29, 1.82) is 10.5 Å². The van der Waals surface area contributed by atoms with E-state index in [1.54, 1.807) is 36.7 Å². The van der Waals surface area contributed by atoms with Crippen LogP contribution in [-0.2, 0) is 49.1 Å². The number of carbonyl (C=O) groups is 2. The Kier molecular flexibility index (Phi) is 17.9. The first kappa shape index (κ1) is 49.6. The van der Waals surface area contributed by atoms with Gasteiger partial charge in [0, 0.05) is 85.4 Å². The van der Waals surface area contributed by atoms with Crippen LogP contribution in [-0.4, -0.2) is 67.6 Å². The first-order valence-electron chi connectivity index (χ1n) is 21.7. The van der Waals surface area contributed by atoms with Gasteiger partial charge in [-0.05, 0) is 71.5 Å². The van der Waals surface area contributed by atoms with E-state index in [0.29, 0.717) is 45.3 Å². The number of hydrogen-bond donors (Lipinski definition) is 6. The number of ether oxygens (including phenoxy) is 4. The molecule has 0 spiro atoms. The number of rotatable bonds is 25. The molecule has 0 saturated heterocycles. The number of nitriles is 2. The molecule has 0 bridgehead atoms. The fraction of sp³-hybridized carbons (Fsp3) is 0.269. The summed E-state index contributed by atoms with van der Waals surface area (Å²) in [5.41, 5.74) is 9.80. The first-order valence-corrected chi connectivity index (χ1v) is 21.7. The predicted octanol–water partition coefficient (Wildman–Crippen LogP) is 6.67. The molecular weight excluding hydrogens is 869 g/mol. The molecule has 0 aliphatic rings. The number of benzene rings is 4. The molecule has 16 nitrogen and oxygen atoms in total. The Morgan fingerprint density at radius 2 is 1.00 bits per heavy atom. The van der Waals surface area contributed by atoms with Crippen LogP contribution in [0.25, 0.3) is 11.1 Å². The van der Waals surface area contributed by atoms with E-state index in [9.17, 15) is 30.3 Å². The molecule has 350 valence electrons. The normalized spacial score (nSPS) is 11.7. The third kappa shape index (κ3) is 14.6. The van der Waals surface area contributed by atoms with Gasteiger partial charge < -0.3 is 50.0 Å². The van der Waals surface area contributed by atoms with Crippen LogP contribution >= 0.6 is 0 Å². The largest absolute Gasteiger partial charge is 0.489 e. The number of hydrogen-bond acceptors (Lipinski definition) is 14. The molecule has 4 aromatic carbocycles. The van der Waals surface area contributed by atoms with Gasteiger partial charge >= 0.3 is 11.9 Å². The van der Waals surface area contributed by atoms with Crippen LogP contribution in [0.15, 0.2) is 110 Å². The summed E-state index contributed by atoms with van der Waals surface area (Å²) in [6.07, 6.45) is 3.32. The summed E-state index contributed by atoms with van der Waals surface area (Å²) in [7, 11) is 0. The van der Waals surface area contributed by atoms with E-state index in [1.165, 1.54) is 12.4 Å². The molecule has 2 aromatic heterocycles. The van der Waals surface area contributed by atoms with Gasteiger partial charge in [-0.2, -0.15) is 10.5 Å². The Labute approximate surface area is 394 Å². The molecule has 0 amide bonds. The van der Waals surface area contributed by atoms with E-state index >= 15 is 0 Å². The van der Waals surface area contributed by atoms with Crippen LogP contribution in [0.3, 0.4) is 0 Å². The van der Waals surface area contributed by atoms with Gasteiger partial charge in [0.05, 0.1) is 36.2 Å². The number of pyridine rings is 2. The number of aliphatic hydroxyl groups is 2. The van der Waals surface area contributed by atoms with Crippen molar-refractivity contribution in [3.05, 3.63) is 165 Å². The number of carboxylic acid groups (broad SMARTS) is 2. The number of carboxylic acids is 2. The maximum atomic E-state index is 11.0. The molecule has 0 fully saturated rings. The fourth-order valence-corrected chi connectivity index (χ4v) is 7.27. The van der Waals surface area contributed by atoms with Crippen molar-refractivity contribution in [3.63, 3.8) is 0 Å². The summed E-state index contributed by atoms with van der Waals surface area (Å²) in [6, 6.07) is 30.6. The second-order valence-electron chi connectivity index (χ2n) is 16.0. The van der Waals surface area contributed by atoms with Crippen molar-refractivity contribution in [2.24, 2.45) is 0 Å². The van der Waals surface area contributed by atoms with E-state index in [4.69, 9.17) is 29.2 Å². The lowest BCUT2D eigenvalue weighted by Crippen LogP contribution is -2.28. The monoisotopic (exact) mass is 920 g/mol. The standard InChI is InChI=1S/C52H52N6O10/c1-33-41(31-65-45-11-9-39(25-57-27-43(59)15-51(61)62)49(17-45)67-29-37-13-35(19-53)21-55-23-37)5-3-7-47(33)48-8-4-6-42(34(48)2)32-66-46-12-10-40(26-58-28-44(60)16-52(63)64)50(18-46)68-30-38-14-36(20-54)22-56-24-38/h3-14,17-18,21-24,43-44,57-60H,15-16,25-32H2,1-2H3,(H,61,62)(H,63,64)/t43-,44-/m0/s1. The molecule has 68 heavy (non-hydrogen) atoms. The Balaban J connectivity index is 1.15. The highest BCUT2D eigenvalue weighted by Crippen LogP contribution is 2.33. The van der Waals surface area contributed by atoms with Gasteiger partial charge in [-0.1, -0.05) is 48.5 Å². The number of aliphatic hydroxyl groups excluding tert-OH is 2. The van der Waals surface area contributed by atoms with Crippen LogP contribution in [0.2, 0.25) is 0 Å². The molecule has 6 N–H and O–H groups in total. The minimum Gasteiger partial charge on any atom is -0.489 e. The molecule has 0 radical (unpaired) electrons. The molecule has 0 saturated carbocycles. The van der Waals surface area contributed by atoms with E-state index in [0.717, 1.165) is 44.5 Å². The number of aliphatic carboxylic acids is 2. The highest BCUT2D eigenvalue weighted by atomic mass is 16.5. The minimum atomic E-state index is -1.09. The van der Waals surface area contributed by atoms with Crippen molar-refractivity contribution in [2.45, 2.75) is 78.4 Å². The summed E-state index contributed by atoms with van der Waals surface area (Å²) in [5, 5.41) is 63.0. The van der Waals surface area contributed by atoms with Gasteiger partial charge in [0.2, 0.25) is 0 Å². The van der Waals surface area contributed by atoms with Gasteiger partial charge in [-0.3, -0.25) is 19.6 Å². The molecular formula is C52H52N6O10. The van der Waals surface area contributed by atoms with Crippen LogP contribution in [0, 0.1) is 36.5 Å². The third-order valence-electron chi connectivity index (χ3n) is 10.9. The minimum absolute atomic E-state index is 0.0700. The fourth-order valence-electron chi connectivity index (χ4n) is 7.27. The van der Waals surface area contributed by atoms with Crippen LogP contribution in [0.5, 0.6) is 23.0 Å². The molecule has 6 aromatic rings. The van der Waals surface area contributed by atoms with Crippen molar-refractivity contribution in [2.75, 3.05) is 13.1 Å². The predicted molar refractivity (Wildman–Crippen MR) is 249 cm³/mol. The van der Waals surface area contributed by atoms with E-state index in [2.05, 4.69) is 58.7 Å². The van der Waals surface area contributed by atoms with Gasteiger partial charge in [-0.15, -0.1) is 0 Å². The number of nitrogens with zero attached hydrogens (tertiary/aromatic N) is 4. The van der Waals surface area contributed by atoms with Crippen molar-refractivity contribution in [1.82, 2.24) is 20.6 Å². The van der Waals surface area contributed by atoms with Gasteiger partial charge in [0.15, 0.2) is 0 Å². The van der Waals surface area contributed by atoms with Gasteiger partial charge in [0.25, 0.3) is 0 Å². The van der Waals surface area contributed by atoms with E-state index in [1.807, 2.05) is 48.5 Å². The van der Waals surface area contributed by atoms with Crippen LogP contribution in [0.1, 0.15) is 68.5 Å². The molecule has 0 unspecified atom stereocenters. The Morgan fingerprint density at radius 3 is 1.40 bits per heavy atom. The lowest BCUT2D eigenvalue weighted by molar-refractivity contribution is -0.140. The Bertz CT molecular complexity index is 2600. The lowest BCUT2D eigenvalue weighted by Gasteiger charge is -2.18. The van der Waals surface area contributed by atoms with Gasteiger partial charge in [0.1, 0.15) is 61.6 Å². The Morgan fingerprint density at radius 1 is 0.574 bits per heavy atom. The maximum absolute atomic E-state index is 11.0. The van der Waals surface area contributed by atoms with Crippen molar-refractivity contribution >= 4 is 11.9 Å². The second kappa shape index (κ2) is 24.6. The summed E-state index contributed by atoms with van der Waals surface area (Å²) < 4.78 is 25.1. The number of aromatic nitrogens is 2. The molecule has 2 atom stereocenters. The van der Waals surface area contributed by atoms with Gasteiger partial charge in [-0.25, -0.2) is 0 Å². The Hall–Kier alpha value is -7.86. The summed E-state index contributed by atoms with van der Waals surface area (Å²) in [4.78, 5) is 30.3. The zero-order chi connectivity index (χ0) is 48.4. The lowest BCUT2D eigenvalue weighted by atomic mass is 9.92. The zero-order valence-corrected chi connectivity index (χ0v) is 37.6. The highest BCUT2D eigenvalue weighted by molar-refractivity contribution is 5.72. The summed E-state index contributed by atoms with van der Waals surface area (Å²) in [5.74, 6) is -0.0616. The highest BCUT2D eigenvalue weighted by Gasteiger charge is 2.16. The number of nitrogens with one attached hydrogen (secondary N) is 2. The quantitative estimate of drug-likeness (QED) is 0.0351. The molecule has 16 heteroatoms. The molecule has 2 heterocycles. The van der Waals surface area contributed by atoms with Crippen LogP contribution < -0.4 is 29.6 Å². The van der Waals surface area contributed by atoms with Crippen molar-refractivity contribution in [3.8, 4) is 46.3 Å². The van der Waals surface area contributed by atoms with Crippen LogP contribution in [0.4, 0.5) is 0 Å². The third-order valence-corrected chi connectivity index (χ3v) is 10.9. The average Bonchev–Trinajstić information content (AvgIpc) is 3.32. The van der Waals surface area contributed by atoms with Crippen molar-refractivity contribution < 1.29 is 49.0 Å². The van der Waals surface area contributed by atoms with E-state index < -0.39 is 24.1 Å². The summed E-state index contributed by atoms with van der Waals surface area (Å²) >= 11 is 0. The molecule has 0 aliphatic heterocycles. The smallest absolute Gasteiger partial charge is 0.306 e. The van der Waals surface area contributed by atoms with E-state index in [-0.39, 0.29) is 65.4 Å². The zero-order valence-electron chi connectivity index (χ0n) is 37.6.